The summed E-state index contributed by atoms with van der Waals surface area (Å²) >= 11 is 0. The number of terminal acetylenes is 2. The van der Waals surface area contributed by atoms with Gasteiger partial charge in [0.15, 0.2) is 0 Å². The Morgan fingerprint density at radius 3 is 1.47 bits per heavy atom. The van der Waals surface area contributed by atoms with Crippen molar-refractivity contribution in [1.29, 1.82) is 0 Å². The molecule has 0 aliphatic rings. The zero-order valence-corrected chi connectivity index (χ0v) is 18.0. The summed E-state index contributed by atoms with van der Waals surface area (Å²) in [7, 11) is 1.21. The Kier molecular flexibility index (Phi) is 7.51. The fourth-order valence-corrected chi connectivity index (χ4v) is 2.75. The number of benzene rings is 3. The maximum atomic E-state index is 12.3. The van der Waals surface area contributed by atoms with Crippen molar-refractivity contribution < 1.29 is 28.6 Å². The van der Waals surface area contributed by atoms with Crippen molar-refractivity contribution in [3.8, 4) is 36.2 Å². The molecule has 8 nitrogen and oxygen atoms in total. The minimum Gasteiger partial charge on any atom is -0.465 e. The third-order valence-electron chi connectivity index (χ3n) is 4.31. The lowest BCUT2D eigenvalue weighted by atomic mass is 10.1. The number of hydrogen-bond acceptors (Lipinski definition) is 6. The molecule has 168 valence electrons. The number of anilines is 2. The predicted molar refractivity (Wildman–Crippen MR) is 126 cm³/mol. The molecule has 0 heterocycles. The van der Waals surface area contributed by atoms with Crippen LogP contribution < -0.4 is 20.1 Å². The number of esters is 1. The van der Waals surface area contributed by atoms with E-state index in [0.717, 1.165) is 0 Å². The van der Waals surface area contributed by atoms with E-state index in [1.54, 1.807) is 48.5 Å². The summed E-state index contributed by atoms with van der Waals surface area (Å²) in [5, 5.41) is 4.99. The molecule has 3 aromatic rings. The molecule has 0 spiro atoms. The molecule has 8 heteroatoms. The van der Waals surface area contributed by atoms with Gasteiger partial charge in [-0.15, -0.1) is 12.8 Å². The van der Waals surface area contributed by atoms with Gasteiger partial charge in [0, 0.05) is 22.5 Å². The number of amides is 2. The third-order valence-corrected chi connectivity index (χ3v) is 4.31. The van der Waals surface area contributed by atoms with Crippen LogP contribution in [0.1, 0.15) is 21.5 Å². The summed E-state index contributed by atoms with van der Waals surface area (Å²) in [5.74, 6) is 4.77. The van der Waals surface area contributed by atoms with Crippen molar-refractivity contribution in [3.05, 3.63) is 83.4 Å². The van der Waals surface area contributed by atoms with Crippen LogP contribution in [-0.4, -0.2) is 25.3 Å². The fraction of sp³-hybridized carbons (Fsp3) is 0.0385. The highest BCUT2D eigenvalue weighted by Crippen LogP contribution is 2.22. The normalized spacial score (nSPS) is 9.62. The Morgan fingerprint density at radius 2 is 1.12 bits per heavy atom. The molecule has 2 amide bonds. The first-order valence-electron chi connectivity index (χ1n) is 9.74. The first-order chi connectivity index (χ1) is 16.4. The zero-order chi connectivity index (χ0) is 24.5. The molecule has 0 fully saturated rings. The van der Waals surface area contributed by atoms with Crippen LogP contribution in [0.3, 0.4) is 0 Å². The summed E-state index contributed by atoms with van der Waals surface area (Å²) in [6, 6.07) is 16.8. The molecule has 0 aromatic heterocycles. The largest absolute Gasteiger partial charge is 0.465 e. The lowest BCUT2D eigenvalue weighted by molar-refractivity contribution is 0.0600. The van der Waals surface area contributed by atoms with Gasteiger partial charge in [0.25, 0.3) is 0 Å². The van der Waals surface area contributed by atoms with E-state index in [2.05, 4.69) is 22.5 Å². The topological polar surface area (TPSA) is 103 Å². The van der Waals surface area contributed by atoms with Crippen molar-refractivity contribution in [2.45, 2.75) is 0 Å². The summed E-state index contributed by atoms with van der Waals surface area (Å²) in [6.45, 7) is 0. The second-order valence-corrected chi connectivity index (χ2v) is 6.66. The zero-order valence-electron chi connectivity index (χ0n) is 18.0. The fourth-order valence-electron chi connectivity index (χ4n) is 2.75. The number of ether oxygens (including phenoxy) is 3. The van der Waals surface area contributed by atoms with Gasteiger partial charge in [0.1, 0.15) is 11.5 Å². The van der Waals surface area contributed by atoms with Gasteiger partial charge in [-0.2, -0.15) is 0 Å². The number of hydrogen-bond donors (Lipinski definition) is 2. The monoisotopic (exact) mass is 454 g/mol. The van der Waals surface area contributed by atoms with Gasteiger partial charge in [-0.1, -0.05) is 11.8 Å². The minimum absolute atomic E-state index is 0.0762. The molecule has 0 saturated carbocycles. The quantitative estimate of drug-likeness (QED) is 0.430. The first kappa shape index (κ1) is 23.5. The van der Waals surface area contributed by atoms with Crippen LogP contribution in [-0.2, 0) is 4.74 Å². The van der Waals surface area contributed by atoms with Gasteiger partial charge in [0.05, 0.1) is 12.7 Å². The molecule has 0 unspecified atom stereocenters. The smallest absolute Gasteiger partial charge is 0.417 e. The van der Waals surface area contributed by atoms with Gasteiger partial charge in [-0.3, -0.25) is 10.6 Å². The summed E-state index contributed by atoms with van der Waals surface area (Å²) in [6.07, 6.45) is 8.96. The van der Waals surface area contributed by atoms with Crippen LogP contribution in [0.25, 0.3) is 0 Å². The number of carbonyl (C=O) groups is 3. The van der Waals surface area contributed by atoms with E-state index in [1.165, 1.54) is 25.3 Å². The Labute approximate surface area is 195 Å². The highest BCUT2D eigenvalue weighted by Gasteiger charge is 2.14. The van der Waals surface area contributed by atoms with E-state index < -0.39 is 18.2 Å². The molecular formula is C26H18N2O6. The molecule has 34 heavy (non-hydrogen) atoms. The molecule has 3 rings (SSSR count). The molecule has 0 aliphatic heterocycles. The molecule has 3 aromatic carbocycles. The molecule has 2 N–H and O–H groups in total. The summed E-state index contributed by atoms with van der Waals surface area (Å²) < 4.78 is 15.1. The number of methoxy groups -OCH3 is 1. The van der Waals surface area contributed by atoms with Crippen molar-refractivity contribution in [1.82, 2.24) is 0 Å². The van der Waals surface area contributed by atoms with Crippen LogP contribution >= 0.6 is 0 Å². The van der Waals surface area contributed by atoms with E-state index in [4.69, 9.17) is 27.1 Å². The highest BCUT2D eigenvalue weighted by atomic mass is 16.6. The molecule has 0 saturated heterocycles. The van der Waals surface area contributed by atoms with E-state index >= 15 is 0 Å². The van der Waals surface area contributed by atoms with Crippen molar-refractivity contribution in [2.24, 2.45) is 0 Å². The van der Waals surface area contributed by atoms with E-state index in [9.17, 15) is 14.4 Å². The van der Waals surface area contributed by atoms with Crippen molar-refractivity contribution in [2.75, 3.05) is 17.7 Å². The molecular weight excluding hydrogens is 436 g/mol. The SMILES string of the molecule is C#Cc1ccc(OC(=O)Nc2cc(NC(=O)Oc3ccc(C#C)cc3)cc(C(=O)OC)c2)cc1. The standard InChI is InChI=1S/C26H18N2O6/c1-4-17-6-10-22(11-7-17)33-25(30)27-20-14-19(24(29)32-3)15-21(16-20)28-26(31)34-23-12-8-18(5-2)9-13-23/h1-2,6-16H,3H3,(H,27,30)(H,28,31). The number of nitrogens with one attached hydrogen (secondary N) is 2. The first-order valence-corrected chi connectivity index (χ1v) is 9.74. The second-order valence-electron chi connectivity index (χ2n) is 6.66. The number of carbonyl (C=O) groups excluding carboxylic acids is 3. The Bertz CT molecular complexity index is 1210. The van der Waals surface area contributed by atoms with Gasteiger partial charge < -0.3 is 14.2 Å². The van der Waals surface area contributed by atoms with Gasteiger partial charge in [0.2, 0.25) is 0 Å². The maximum Gasteiger partial charge on any atom is 0.417 e. The lowest BCUT2D eigenvalue weighted by Gasteiger charge is -2.12. The minimum atomic E-state index is -0.822. The van der Waals surface area contributed by atoms with E-state index in [-0.39, 0.29) is 28.4 Å². The van der Waals surface area contributed by atoms with Crippen LogP contribution in [0.4, 0.5) is 21.0 Å². The van der Waals surface area contributed by atoms with Crippen LogP contribution in [0.2, 0.25) is 0 Å². The van der Waals surface area contributed by atoms with Crippen molar-refractivity contribution in [3.63, 3.8) is 0 Å². The molecule has 0 radical (unpaired) electrons. The van der Waals surface area contributed by atoms with E-state index in [0.29, 0.717) is 11.1 Å². The number of rotatable bonds is 5. The Morgan fingerprint density at radius 1 is 0.706 bits per heavy atom. The van der Waals surface area contributed by atoms with Gasteiger partial charge in [-0.25, -0.2) is 14.4 Å². The highest BCUT2D eigenvalue weighted by molar-refractivity contribution is 5.96. The van der Waals surface area contributed by atoms with Gasteiger partial charge in [-0.05, 0) is 66.7 Å². The predicted octanol–water partition coefficient (Wildman–Crippen LogP) is 4.66. The summed E-state index contributed by atoms with van der Waals surface area (Å²) in [4.78, 5) is 36.6. The van der Waals surface area contributed by atoms with Crippen LogP contribution in [0.5, 0.6) is 11.5 Å². The Balaban J connectivity index is 1.73. The summed E-state index contributed by atoms with van der Waals surface area (Å²) in [5.41, 5.74) is 1.68. The average molecular weight is 454 g/mol. The Hall–Kier alpha value is -5.21. The second kappa shape index (κ2) is 10.9. The average Bonchev–Trinajstić information content (AvgIpc) is 2.84. The molecule has 0 bridgehead atoms. The van der Waals surface area contributed by atoms with Gasteiger partial charge >= 0.3 is 18.2 Å². The van der Waals surface area contributed by atoms with Crippen LogP contribution in [0.15, 0.2) is 66.7 Å². The molecule has 0 aliphatic carbocycles. The lowest BCUT2D eigenvalue weighted by Crippen LogP contribution is -2.19. The maximum absolute atomic E-state index is 12.3. The third kappa shape index (κ3) is 6.39. The van der Waals surface area contributed by atoms with Crippen LogP contribution in [0, 0.1) is 24.7 Å². The van der Waals surface area contributed by atoms with Crippen molar-refractivity contribution >= 4 is 29.5 Å². The van der Waals surface area contributed by atoms with E-state index in [1.807, 2.05) is 0 Å². The molecule has 0 atom stereocenters.